The van der Waals surface area contributed by atoms with Gasteiger partial charge in [-0.15, -0.1) is 0 Å². The standard InChI is InChI=1S/C22H13N3O/c1-2-6-17-15(5-1)21-18(7-3-11-23-21)25(17)14-9-10-19-16(13-14)22-20(26-19)8-4-12-24-22/h1-13H. The fourth-order valence-corrected chi connectivity index (χ4v) is 3.79. The first-order valence-electron chi connectivity index (χ1n) is 8.52. The van der Waals surface area contributed by atoms with Crippen LogP contribution in [0.4, 0.5) is 0 Å². The van der Waals surface area contributed by atoms with Crippen molar-refractivity contribution in [3.05, 3.63) is 79.1 Å². The summed E-state index contributed by atoms with van der Waals surface area (Å²) in [6.45, 7) is 0. The molecule has 4 aromatic heterocycles. The van der Waals surface area contributed by atoms with Gasteiger partial charge >= 0.3 is 0 Å². The highest BCUT2D eigenvalue weighted by Crippen LogP contribution is 2.33. The van der Waals surface area contributed by atoms with Crippen LogP contribution in [-0.4, -0.2) is 14.5 Å². The van der Waals surface area contributed by atoms with Gasteiger partial charge in [-0.3, -0.25) is 9.97 Å². The van der Waals surface area contributed by atoms with Crippen molar-refractivity contribution < 1.29 is 4.42 Å². The Balaban J connectivity index is 1.76. The highest BCUT2D eigenvalue weighted by atomic mass is 16.3. The maximum Gasteiger partial charge on any atom is 0.153 e. The number of para-hydroxylation sites is 1. The lowest BCUT2D eigenvalue weighted by molar-refractivity contribution is 0.668. The number of fused-ring (bicyclic) bond motifs is 6. The quantitative estimate of drug-likeness (QED) is 0.400. The summed E-state index contributed by atoms with van der Waals surface area (Å²) in [4.78, 5) is 9.11. The van der Waals surface area contributed by atoms with E-state index < -0.39 is 0 Å². The molecule has 0 spiro atoms. The molecule has 0 atom stereocenters. The maximum atomic E-state index is 5.92. The summed E-state index contributed by atoms with van der Waals surface area (Å²) in [5.74, 6) is 0. The lowest BCUT2D eigenvalue weighted by Crippen LogP contribution is -1.93. The summed E-state index contributed by atoms with van der Waals surface area (Å²) in [6.07, 6.45) is 3.64. The van der Waals surface area contributed by atoms with Crippen LogP contribution in [0.25, 0.3) is 49.7 Å². The third-order valence-electron chi connectivity index (χ3n) is 4.89. The Morgan fingerprint density at radius 2 is 1.46 bits per heavy atom. The zero-order valence-electron chi connectivity index (χ0n) is 13.8. The van der Waals surface area contributed by atoms with Crippen molar-refractivity contribution in [1.82, 2.24) is 14.5 Å². The molecule has 2 aromatic carbocycles. The van der Waals surface area contributed by atoms with Gasteiger partial charge in [0.1, 0.15) is 11.1 Å². The van der Waals surface area contributed by atoms with Crippen LogP contribution >= 0.6 is 0 Å². The topological polar surface area (TPSA) is 43.9 Å². The summed E-state index contributed by atoms with van der Waals surface area (Å²) in [5, 5.41) is 2.17. The Morgan fingerprint density at radius 3 is 2.42 bits per heavy atom. The van der Waals surface area contributed by atoms with E-state index in [2.05, 4.69) is 57.0 Å². The predicted molar refractivity (Wildman–Crippen MR) is 104 cm³/mol. The molecule has 0 radical (unpaired) electrons. The number of aromatic nitrogens is 3. The molecule has 26 heavy (non-hydrogen) atoms. The largest absolute Gasteiger partial charge is 0.454 e. The first kappa shape index (κ1) is 13.6. The Morgan fingerprint density at radius 1 is 0.654 bits per heavy atom. The Kier molecular flexibility index (Phi) is 2.58. The van der Waals surface area contributed by atoms with Gasteiger partial charge in [-0.05, 0) is 48.5 Å². The maximum absolute atomic E-state index is 5.92. The van der Waals surface area contributed by atoms with Crippen molar-refractivity contribution in [1.29, 1.82) is 0 Å². The molecule has 0 saturated heterocycles. The van der Waals surface area contributed by atoms with E-state index in [-0.39, 0.29) is 0 Å². The smallest absolute Gasteiger partial charge is 0.153 e. The molecule has 4 nitrogen and oxygen atoms in total. The van der Waals surface area contributed by atoms with Gasteiger partial charge in [0.2, 0.25) is 0 Å². The van der Waals surface area contributed by atoms with Crippen molar-refractivity contribution in [2.45, 2.75) is 0 Å². The van der Waals surface area contributed by atoms with Gasteiger partial charge < -0.3 is 8.98 Å². The lowest BCUT2D eigenvalue weighted by atomic mass is 10.2. The van der Waals surface area contributed by atoms with Crippen LogP contribution in [0.1, 0.15) is 0 Å². The fourth-order valence-electron chi connectivity index (χ4n) is 3.79. The molecule has 0 bridgehead atoms. The number of hydrogen-bond acceptors (Lipinski definition) is 3. The average molecular weight is 335 g/mol. The molecule has 0 fully saturated rings. The molecule has 4 heterocycles. The Labute approximate surface area is 148 Å². The van der Waals surface area contributed by atoms with E-state index in [0.29, 0.717) is 0 Å². The van der Waals surface area contributed by atoms with Gasteiger partial charge in [0.25, 0.3) is 0 Å². The Bertz CT molecular complexity index is 1390. The van der Waals surface area contributed by atoms with Gasteiger partial charge in [0.05, 0.1) is 16.6 Å². The van der Waals surface area contributed by atoms with Crippen molar-refractivity contribution in [2.24, 2.45) is 0 Å². The summed E-state index contributed by atoms with van der Waals surface area (Å²) >= 11 is 0. The zero-order chi connectivity index (χ0) is 17.1. The molecule has 122 valence electrons. The monoisotopic (exact) mass is 335 g/mol. The van der Waals surface area contributed by atoms with E-state index in [9.17, 15) is 0 Å². The molecule has 0 aliphatic heterocycles. The molecule has 0 N–H and O–H groups in total. The SMILES string of the molecule is c1cnc2c(c1)oc1ccc(-n3c4ccccc4c4ncccc43)cc12. The van der Waals surface area contributed by atoms with Crippen LogP contribution in [0.5, 0.6) is 0 Å². The highest BCUT2D eigenvalue weighted by Gasteiger charge is 2.14. The van der Waals surface area contributed by atoms with Crippen LogP contribution < -0.4 is 0 Å². The molecular weight excluding hydrogens is 322 g/mol. The lowest BCUT2D eigenvalue weighted by Gasteiger charge is -2.07. The first-order valence-corrected chi connectivity index (χ1v) is 8.52. The van der Waals surface area contributed by atoms with Crippen LogP contribution in [0.3, 0.4) is 0 Å². The van der Waals surface area contributed by atoms with Crippen LogP contribution in [0.2, 0.25) is 0 Å². The van der Waals surface area contributed by atoms with Gasteiger partial charge in [-0.1, -0.05) is 18.2 Å². The molecule has 0 unspecified atom stereocenters. The molecule has 6 aromatic rings. The number of rotatable bonds is 1. The third kappa shape index (κ3) is 1.73. The first-order chi connectivity index (χ1) is 12.9. The van der Waals surface area contributed by atoms with Crippen LogP contribution in [0.15, 0.2) is 83.5 Å². The summed E-state index contributed by atoms with van der Waals surface area (Å²) in [7, 11) is 0. The van der Waals surface area contributed by atoms with E-state index in [1.807, 2.05) is 30.5 Å². The van der Waals surface area contributed by atoms with Crippen LogP contribution in [0, 0.1) is 0 Å². The second-order valence-electron chi connectivity index (χ2n) is 6.36. The fraction of sp³-hybridized carbons (Fsp3) is 0. The van der Waals surface area contributed by atoms with E-state index in [1.165, 1.54) is 0 Å². The summed E-state index contributed by atoms with van der Waals surface area (Å²) < 4.78 is 8.16. The minimum absolute atomic E-state index is 0.809. The molecular formula is C22H13N3O. The van der Waals surface area contributed by atoms with E-state index in [4.69, 9.17) is 4.42 Å². The summed E-state index contributed by atoms with van der Waals surface area (Å²) in [6, 6.07) is 22.5. The molecule has 0 aliphatic carbocycles. The number of benzene rings is 2. The minimum Gasteiger partial charge on any atom is -0.454 e. The molecule has 6 rings (SSSR count). The highest BCUT2D eigenvalue weighted by molar-refractivity contribution is 6.08. The van der Waals surface area contributed by atoms with E-state index in [1.54, 1.807) is 6.20 Å². The van der Waals surface area contributed by atoms with Gasteiger partial charge in [0, 0.05) is 28.9 Å². The molecule has 0 amide bonds. The average Bonchev–Trinajstić information content (AvgIpc) is 3.23. The number of furan rings is 1. The number of hydrogen-bond donors (Lipinski definition) is 0. The second-order valence-corrected chi connectivity index (χ2v) is 6.36. The summed E-state index contributed by atoms with van der Waals surface area (Å²) in [5.41, 5.74) is 6.87. The predicted octanol–water partition coefficient (Wildman–Crippen LogP) is 5.47. The molecule has 0 aliphatic rings. The number of nitrogens with zero attached hydrogens (tertiary/aromatic N) is 3. The van der Waals surface area contributed by atoms with E-state index >= 15 is 0 Å². The van der Waals surface area contributed by atoms with Gasteiger partial charge in [-0.2, -0.15) is 0 Å². The normalized spacial score (nSPS) is 11.8. The number of pyridine rings is 2. The zero-order valence-corrected chi connectivity index (χ0v) is 13.8. The van der Waals surface area contributed by atoms with Gasteiger partial charge in [0.15, 0.2) is 5.58 Å². The molecule has 0 saturated carbocycles. The molecule has 4 heteroatoms. The van der Waals surface area contributed by atoms with Gasteiger partial charge in [-0.25, -0.2) is 0 Å². The van der Waals surface area contributed by atoms with E-state index in [0.717, 1.165) is 49.7 Å². The van der Waals surface area contributed by atoms with Crippen molar-refractivity contribution in [3.63, 3.8) is 0 Å². The van der Waals surface area contributed by atoms with Crippen LogP contribution in [-0.2, 0) is 0 Å². The van der Waals surface area contributed by atoms with Crippen molar-refractivity contribution in [3.8, 4) is 5.69 Å². The van der Waals surface area contributed by atoms with Crippen molar-refractivity contribution >= 4 is 44.0 Å². The second kappa shape index (κ2) is 4.92. The third-order valence-corrected chi connectivity index (χ3v) is 4.89. The van der Waals surface area contributed by atoms with Crippen molar-refractivity contribution in [2.75, 3.05) is 0 Å². The Hall–Kier alpha value is -3.66. The minimum atomic E-state index is 0.809.